The number of benzene rings is 1. The minimum Gasteiger partial charge on any atom is -0.304 e. The summed E-state index contributed by atoms with van der Waals surface area (Å²) in [5.41, 5.74) is -0.378. The molecule has 9 heteroatoms. The van der Waals surface area contributed by atoms with Crippen LogP contribution >= 0.6 is 11.8 Å². The van der Waals surface area contributed by atoms with Crippen LogP contribution in [0.5, 0.6) is 0 Å². The molecule has 0 spiro atoms. The molecule has 122 valence electrons. The van der Waals surface area contributed by atoms with Crippen molar-refractivity contribution in [3.63, 3.8) is 0 Å². The fourth-order valence-corrected chi connectivity index (χ4v) is 5.32. The number of likely N-dealkylation sites (N-methyl/N-ethyl adjacent to an activating group) is 1. The Morgan fingerprint density at radius 2 is 1.95 bits per heavy atom. The third kappa shape index (κ3) is 3.12. The van der Waals surface area contributed by atoms with Gasteiger partial charge >= 0.3 is 0 Å². The molecule has 0 amide bonds. The number of nitrogens with zero attached hydrogens (tertiary/aromatic N) is 3. The van der Waals surface area contributed by atoms with Gasteiger partial charge in [-0.3, -0.25) is 10.1 Å². The van der Waals surface area contributed by atoms with Crippen LogP contribution in [-0.4, -0.2) is 67.3 Å². The van der Waals surface area contributed by atoms with E-state index in [0.717, 1.165) is 0 Å². The first-order valence-electron chi connectivity index (χ1n) is 6.71. The van der Waals surface area contributed by atoms with Gasteiger partial charge in [0.05, 0.1) is 4.92 Å². The quantitative estimate of drug-likeness (QED) is 0.590. The van der Waals surface area contributed by atoms with Crippen LogP contribution in [0.1, 0.15) is 0 Å². The fraction of sp³-hybridized carbons (Fsp3) is 0.538. The highest BCUT2D eigenvalue weighted by atomic mass is 32.2. The fourth-order valence-electron chi connectivity index (χ4n) is 2.61. The summed E-state index contributed by atoms with van der Waals surface area (Å²) in [6.07, 6.45) is 1.95. The van der Waals surface area contributed by atoms with E-state index in [1.165, 1.54) is 28.6 Å². The summed E-state index contributed by atoms with van der Waals surface area (Å²) in [6.45, 7) is 0.700. The van der Waals surface area contributed by atoms with E-state index >= 15 is 0 Å². The molecule has 2 rings (SSSR count). The normalized spacial score (nSPS) is 23.1. The van der Waals surface area contributed by atoms with Crippen molar-refractivity contribution in [2.24, 2.45) is 0 Å². The Balaban J connectivity index is 2.39. The highest BCUT2D eigenvalue weighted by Crippen LogP contribution is 2.32. The van der Waals surface area contributed by atoms with Crippen molar-refractivity contribution < 1.29 is 13.3 Å². The topological polar surface area (TPSA) is 83.8 Å². The molecule has 1 aliphatic rings. The Bertz CT molecular complexity index is 663. The second kappa shape index (κ2) is 6.53. The first-order chi connectivity index (χ1) is 10.3. The average molecular weight is 345 g/mol. The molecule has 0 radical (unpaired) electrons. The predicted molar refractivity (Wildman–Crippen MR) is 86.6 cm³/mol. The van der Waals surface area contributed by atoms with Crippen molar-refractivity contribution in [1.29, 1.82) is 0 Å². The number of nitro benzene ring substituents is 1. The summed E-state index contributed by atoms with van der Waals surface area (Å²) in [5.74, 6) is 0. The molecule has 22 heavy (non-hydrogen) atoms. The van der Waals surface area contributed by atoms with Crippen molar-refractivity contribution in [2.75, 3.05) is 33.4 Å². The molecule has 0 N–H and O–H groups in total. The van der Waals surface area contributed by atoms with Gasteiger partial charge in [-0.15, -0.1) is 0 Å². The average Bonchev–Trinajstić information content (AvgIpc) is 2.92. The zero-order valence-corrected chi connectivity index (χ0v) is 14.3. The maximum atomic E-state index is 12.8. The van der Waals surface area contributed by atoms with Crippen LogP contribution in [0.25, 0.3) is 0 Å². The van der Waals surface area contributed by atoms with Gasteiger partial charge in [0.25, 0.3) is 5.69 Å². The van der Waals surface area contributed by atoms with E-state index in [9.17, 15) is 18.5 Å². The van der Waals surface area contributed by atoms with Crippen LogP contribution in [-0.2, 0) is 10.0 Å². The SMILES string of the molecule is CS[C@H]1CN(S(=O)(=O)c2ccccc2[N+](=O)[O-])C[C@H]1N(C)C. The smallest absolute Gasteiger partial charge is 0.289 e. The van der Waals surface area contributed by atoms with E-state index in [1.807, 2.05) is 25.3 Å². The van der Waals surface area contributed by atoms with E-state index in [4.69, 9.17) is 0 Å². The van der Waals surface area contributed by atoms with Gasteiger partial charge in [0.1, 0.15) is 0 Å². The summed E-state index contributed by atoms with van der Waals surface area (Å²) < 4.78 is 26.9. The molecule has 2 atom stereocenters. The van der Waals surface area contributed by atoms with Gasteiger partial charge in [-0.25, -0.2) is 8.42 Å². The standard InChI is InChI=1S/C13H19N3O4S2/c1-14(2)11-8-15(9-12(11)21-3)22(19,20)13-7-5-4-6-10(13)16(17)18/h4-7,11-12H,8-9H2,1-3H3/t11-,12+/m1/s1. The van der Waals surface area contributed by atoms with Crippen molar-refractivity contribution >= 4 is 27.5 Å². The molecule has 1 aromatic rings. The van der Waals surface area contributed by atoms with Gasteiger partial charge in [0.15, 0.2) is 4.90 Å². The van der Waals surface area contributed by atoms with Crippen LogP contribution in [0.3, 0.4) is 0 Å². The molecule has 1 aromatic carbocycles. The van der Waals surface area contributed by atoms with Crippen molar-refractivity contribution in [1.82, 2.24) is 9.21 Å². The molecular weight excluding hydrogens is 326 g/mol. The van der Waals surface area contributed by atoms with Gasteiger partial charge < -0.3 is 4.90 Å². The Morgan fingerprint density at radius 3 is 2.45 bits per heavy atom. The van der Waals surface area contributed by atoms with Crippen LogP contribution in [0.2, 0.25) is 0 Å². The maximum Gasteiger partial charge on any atom is 0.289 e. The number of hydrogen-bond donors (Lipinski definition) is 0. The van der Waals surface area contributed by atoms with Crippen LogP contribution in [0.15, 0.2) is 29.2 Å². The van der Waals surface area contributed by atoms with E-state index in [0.29, 0.717) is 13.1 Å². The molecule has 0 saturated carbocycles. The monoisotopic (exact) mass is 345 g/mol. The summed E-state index contributed by atoms with van der Waals surface area (Å²) in [4.78, 5) is 12.2. The first kappa shape index (κ1) is 17.2. The lowest BCUT2D eigenvalue weighted by Crippen LogP contribution is -2.37. The highest BCUT2D eigenvalue weighted by Gasteiger charge is 2.41. The molecule has 0 aromatic heterocycles. The molecule has 1 saturated heterocycles. The van der Waals surface area contributed by atoms with E-state index in [1.54, 1.807) is 11.8 Å². The lowest BCUT2D eigenvalue weighted by atomic mass is 10.2. The third-order valence-electron chi connectivity index (χ3n) is 3.85. The van der Waals surface area contributed by atoms with Gasteiger partial charge in [-0.1, -0.05) is 12.1 Å². The van der Waals surface area contributed by atoms with Gasteiger partial charge in [0.2, 0.25) is 10.0 Å². The summed E-state index contributed by atoms with van der Waals surface area (Å²) in [5, 5.41) is 11.2. The Hall–Kier alpha value is -1.16. The van der Waals surface area contributed by atoms with E-state index in [2.05, 4.69) is 0 Å². The van der Waals surface area contributed by atoms with Gasteiger partial charge in [-0.2, -0.15) is 16.1 Å². The summed E-state index contributed by atoms with van der Waals surface area (Å²) in [6, 6.07) is 5.58. The number of rotatable bonds is 5. The number of sulfonamides is 1. The largest absolute Gasteiger partial charge is 0.304 e. The number of para-hydroxylation sites is 1. The molecule has 0 bridgehead atoms. The highest BCUT2D eigenvalue weighted by molar-refractivity contribution is 7.99. The third-order valence-corrected chi connectivity index (χ3v) is 6.80. The number of thioether (sulfide) groups is 1. The Kier molecular flexibility index (Phi) is 5.10. The lowest BCUT2D eigenvalue weighted by Gasteiger charge is -2.23. The van der Waals surface area contributed by atoms with Gasteiger partial charge in [0, 0.05) is 30.4 Å². The molecule has 1 fully saturated rings. The van der Waals surface area contributed by atoms with Crippen molar-refractivity contribution in [3.8, 4) is 0 Å². The molecule has 0 unspecified atom stereocenters. The van der Waals surface area contributed by atoms with E-state index in [-0.39, 0.29) is 21.9 Å². The van der Waals surface area contributed by atoms with Crippen LogP contribution in [0.4, 0.5) is 5.69 Å². The van der Waals surface area contributed by atoms with Crippen LogP contribution < -0.4 is 0 Å². The van der Waals surface area contributed by atoms with Crippen molar-refractivity contribution in [3.05, 3.63) is 34.4 Å². The lowest BCUT2D eigenvalue weighted by molar-refractivity contribution is -0.387. The van der Waals surface area contributed by atoms with Gasteiger partial charge in [-0.05, 0) is 26.4 Å². The molecule has 7 nitrogen and oxygen atoms in total. The second-order valence-electron chi connectivity index (χ2n) is 5.35. The zero-order chi connectivity index (χ0) is 16.5. The Morgan fingerprint density at radius 1 is 1.32 bits per heavy atom. The minimum atomic E-state index is -3.87. The second-order valence-corrected chi connectivity index (χ2v) is 8.34. The first-order valence-corrected chi connectivity index (χ1v) is 9.44. The molecule has 1 heterocycles. The predicted octanol–water partition coefficient (Wildman–Crippen LogP) is 1.26. The molecular formula is C13H19N3O4S2. The Labute approximate surface area is 134 Å². The number of hydrogen-bond acceptors (Lipinski definition) is 6. The minimum absolute atomic E-state index is 0.0903. The van der Waals surface area contributed by atoms with Crippen molar-refractivity contribution in [2.45, 2.75) is 16.2 Å². The molecule has 1 aliphatic heterocycles. The maximum absolute atomic E-state index is 12.8. The molecule has 0 aliphatic carbocycles. The van der Waals surface area contributed by atoms with Crippen LogP contribution in [0, 0.1) is 10.1 Å². The number of nitro groups is 1. The summed E-state index contributed by atoms with van der Waals surface area (Å²) >= 11 is 1.61. The summed E-state index contributed by atoms with van der Waals surface area (Å²) in [7, 11) is -0.0488. The zero-order valence-electron chi connectivity index (χ0n) is 12.7. The van der Waals surface area contributed by atoms with E-state index < -0.39 is 14.9 Å².